The molecule has 1 atom stereocenters. The van der Waals surface area contributed by atoms with Gasteiger partial charge in [0.1, 0.15) is 0 Å². The summed E-state index contributed by atoms with van der Waals surface area (Å²) in [6.45, 7) is 13.4. The molecule has 0 aliphatic heterocycles. The first-order chi connectivity index (χ1) is 9.78. The number of carbonyl (C=O) groups is 1. The maximum atomic E-state index is 11.5. The summed E-state index contributed by atoms with van der Waals surface area (Å²) < 4.78 is 5.02. The zero-order valence-electron chi connectivity index (χ0n) is 14.9. The quantitative estimate of drug-likeness (QED) is 0.382. The molecule has 1 unspecified atom stereocenters. The van der Waals surface area contributed by atoms with E-state index >= 15 is 0 Å². The molecule has 0 radical (unpaired) electrons. The molecule has 0 heterocycles. The molecule has 0 bridgehead atoms. The second-order valence-electron chi connectivity index (χ2n) is 6.83. The molecule has 0 fully saturated rings. The summed E-state index contributed by atoms with van der Waals surface area (Å²) in [5.41, 5.74) is 0.285. The van der Waals surface area contributed by atoms with Crippen molar-refractivity contribution in [1.29, 1.82) is 0 Å². The summed E-state index contributed by atoms with van der Waals surface area (Å²) in [7, 11) is 0. The molecule has 21 heavy (non-hydrogen) atoms. The van der Waals surface area contributed by atoms with Crippen LogP contribution in [0.1, 0.15) is 73.6 Å². The zero-order valence-corrected chi connectivity index (χ0v) is 14.9. The molecule has 0 aromatic rings. The molecule has 2 nitrogen and oxygen atoms in total. The van der Waals surface area contributed by atoms with Gasteiger partial charge in [-0.25, -0.2) is 0 Å². The molecule has 122 valence electrons. The van der Waals surface area contributed by atoms with Crippen LogP contribution < -0.4 is 0 Å². The predicted octanol–water partition coefficient (Wildman–Crippen LogP) is 5.68. The summed E-state index contributed by atoms with van der Waals surface area (Å²) in [5, 5.41) is 0. The molecule has 0 aromatic heterocycles. The molecule has 0 amide bonds. The Bertz CT molecular complexity index is 353. The van der Waals surface area contributed by atoms with Crippen molar-refractivity contribution < 1.29 is 9.53 Å². The number of carbonyl (C=O) groups excluding carboxylic acids is 1. The molecule has 0 saturated carbocycles. The molecular formula is C19H34O2. The normalized spacial score (nSPS) is 15.5. The first-order valence-electron chi connectivity index (χ1n) is 8.25. The van der Waals surface area contributed by atoms with Crippen molar-refractivity contribution in [1.82, 2.24) is 0 Å². The first-order valence-corrected chi connectivity index (χ1v) is 8.25. The van der Waals surface area contributed by atoms with Gasteiger partial charge in [-0.3, -0.25) is 4.79 Å². The first kappa shape index (κ1) is 19.9. The van der Waals surface area contributed by atoms with Crippen molar-refractivity contribution in [2.45, 2.75) is 73.6 Å². The summed E-state index contributed by atoms with van der Waals surface area (Å²) in [4.78, 5) is 11.5. The van der Waals surface area contributed by atoms with Crippen LogP contribution in [0, 0.1) is 10.8 Å². The minimum atomic E-state index is -0.104. The van der Waals surface area contributed by atoms with Crippen molar-refractivity contribution in [3.05, 3.63) is 24.3 Å². The fourth-order valence-electron chi connectivity index (χ4n) is 2.63. The van der Waals surface area contributed by atoms with Crippen LogP contribution >= 0.6 is 0 Å². The third kappa shape index (κ3) is 9.49. The van der Waals surface area contributed by atoms with Gasteiger partial charge in [-0.2, -0.15) is 0 Å². The third-order valence-corrected chi connectivity index (χ3v) is 3.82. The van der Waals surface area contributed by atoms with E-state index in [1.807, 2.05) is 13.8 Å². The van der Waals surface area contributed by atoms with E-state index < -0.39 is 0 Å². The van der Waals surface area contributed by atoms with Crippen molar-refractivity contribution in [3.63, 3.8) is 0 Å². The number of hydrogen-bond donors (Lipinski definition) is 0. The van der Waals surface area contributed by atoms with E-state index in [1.165, 1.54) is 12.8 Å². The van der Waals surface area contributed by atoms with Crippen LogP contribution in [0.3, 0.4) is 0 Å². The van der Waals surface area contributed by atoms with E-state index in [2.05, 4.69) is 52.0 Å². The Hall–Kier alpha value is -1.05. The lowest BCUT2D eigenvalue weighted by molar-refractivity contribution is -0.143. The van der Waals surface area contributed by atoms with E-state index in [4.69, 9.17) is 4.74 Å². The van der Waals surface area contributed by atoms with Crippen LogP contribution in [0.15, 0.2) is 24.3 Å². The highest BCUT2D eigenvalue weighted by Crippen LogP contribution is 2.31. The third-order valence-electron chi connectivity index (χ3n) is 3.82. The second kappa shape index (κ2) is 9.81. The molecule has 0 saturated heterocycles. The Labute approximate surface area is 131 Å². The topological polar surface area (TPSA) is 26.3 Å². The highest BCUT2D eigenvalue weighted by Gasteiger charge is 2.20. The van der Waals surface area contributed by atoms with E-state index in [0.717, 1.165) is 12.8 Å². The van der Waals surface area contributed by atoms with Crippen molar-refractivity contribution in [2.24, 2.45) is 10.8 Å². The molecular weight excluding hydrogens is 260 g/mol. The number of rotatable bonds is 10. The summed E-state index contributed by atoms with van der Waals surface area (Å²) in [6.07, 6.45) is 13.6. The number of allylic oxidation sites excluding steroid dienone is 4. The van der Waals surface area contributed by atoms with E-state index in [1.54, 1.807) is 0 Å². The molecule has 0 spiro atoms. The monoisotopic (exact) mass is 294 g/mol. The maximum Gasteiger partial charge on any atom is 0.305 e. The maximum absolute atomic E-state index is 11.5. The van der Waals surface area contributed by atoms with Gasteiger partial charge < -0.3 is 4.74 Å². The van der Waals surface area contributed by atoms with Gasteiger partial charge in [0, 0.05) is 11.8 Å². The molecule has 0 aromatic carbocycles. The van der Waals surface area contributed by atoms with Crippen molar-refractivity contribution in [2.75, 3.05) is 6.61 Å². The van der Waals surface area contributed by atoms with E-state index in [9.17, 15) is 4.79 Å². The molecule has 0 aliphatic rings. The van der Waals surface area contributed by atoms with Crippen LogP contribution in [0.25, 0.3) is 0 Å². The molecule has 0 N–H and O–H groups in total. The smallest absolute Gasteiger partial charge is 0.305 e. The van der Waals surface area contributed by atoms with Crippen LogP contribution in [-0.4, -0.2) is 12.6 Å². The lowest BCUT2D eigenvalue weighted by Gasteiger charge is -2.25. The van der Waals surface area contributed by atoms with E-state index in [0.29, 0.717) is 18.4 Å². The van der Waals surface area contributed by atoms with Gasteiger partial charge in [0.15, 0.2) is 0 Å². The fourth-order valence-corrected chi connectivity index (χ4v) is 2.63. The average molecular weight is 294 g/mol. The Morgan fingerprint density at radius 1 is 1.10 bits per heavy atom. The van der Waals surface area contributed by atoms with Crippen LogP contribution in [0.4, 0.5) is 0 Å². The van der Waals surface area contributed by atoms with Crippen molar-refractivity contribution >= 4 is 5.97 Å². The number of hydrogen-bond acceptors (Lipinski definition) is 2. The van der Waals surface area contributed by atoms with Gasteiger partial charge in [-0.05, 0) is 38.5 Å². The summed E-state index contributed by atoms with van der Waals surface area (Å²) in [6, 6.07) is 0. The van der Waals surface area contributed by atoms with Gasteiger partial charge >= 0.3 is 5.97 Å². The van der Waals surface area contributed by atoms with E-state index in [-0.39, 0.29) is 11.4 Å². The Morgan fingerprint density at radius 3 is 2.29 bits per heavy atom. The number of esters is 1. The molecule has 0 rings (SSSR count). The highest BCUT2D eigenvalue weighted by atomic mass is 16.5. The average Bonchev–Trinajstić information content (AvgIpc) is 2.37. The van der Waals surface area contributed by atoms with Gasteiger partial charge in [-0.1, -0.05) is 58.4 Å². The van der Waals surface area contributed by atoms with Crippen LogP contribution in [0.2, 0.25) is 0 Å². The fraction of sp³-hybridized carbons (Fsp3) is 0.737. The SMILES string of the molecule is CC=CC(C)(C=CCC(C)(C)CCC)CCC(=O)OCC. The Kier molecular flexibility index (Phi) is 9.32. The number of ether oxygens (including phenoxy) is 1. The van der Waals surface area contributed by atoms with Crippen molar-refractivity contribution in [3.8, 4) is 0 Å². The van der Waals surface area contributed by atoms with Crippen LogP contribution in [-0.2, 0) is 9.53 Å². The standard InChI is InChI=1S/C19H34O2/c1-7-12-18(4,5)14-10-15-19(6,13-8-2)16-11-17(20)21-9-3/h8,10,13,15H,7,9,11-12,14,16H2,1-6H3. The summed E-state index contributed by atoms with van der Waals surface area (Å²) >= 11 is 0. The van der Waals surface area contributed by atoms with Gasteiger partial charge in [0.2, 0.25) is 0 Å². The highest BCUT2D eigenvalue weighted by molar-refractivity contribution is 5.69. The van der Waals surface area contributed by atoms with Gasteiger partial charge in [-0.15, -0.1) is 0 Å². The minimum Gasteiger partial charge on any atom is -0.466 e. The predicted molar refractivity (Wildman–Crippen MR) is 91.2 cm³/mol. The lowest BCUT2D eigenvalue weighted by Crippen LogP contribution is -2.15. The summed E-state index contributed by atoms with van der Waals surface area (Å²) in [5.74, 6) is -0.104. The molecule has 2 heteroatoms. The largest absolute Gasteiger partial charge is 0.466 e. The lowest BCUT2D eigenvalue weighted by atomic mass is 9.81. The Balaban J connectivity index is 4.61. The Morgan fingerprint density at radius 2 is 1.76 bits per heavy atom. The molecule has 0 aliphatic carbocycles. The van der Waals surface area contributed by atoms with Gasteiger partial charge in [0.05, 0.1) is 6.61 Å². The second-order valence-corrected chi connectivity index (χ2v) is 6.83. The minimum absolute atomic E-state index is 0.0657. The zero-order chi connectivity index (χ0) is 16.4. The van der Waals surface area contributed by atoms with Crippen LogP contribution in [0.5, 0.6) is 0 Å². The van der Waals surface area contributed by atoms with Gasteiger partial charge in [0.25, 0.3) is 0 Å².